The SMILES string of the molecule is Cc1cccc(-n2c(CCCl)nc3ccc(C#N)cc32)c1. The number of halogens is 1. The van der Waals surface area contributed by atoms with Gasteiger partial charge in [0.2, 0.25) is 0 Å². The van der Waals surface area contributed by atoms with E-state index >= 15 is 0 Å². The molecule has 2 aromatic carbocycles. The molecule has 3 rings (SSSR count). The third-order valence-electron chi connectivity index (χ3n) is 3.43. The van der Waals surface area contributed by atoms with Crippen molar-refractivity contribution < 1.29 is 0 Å². The van der Waals surface area contributed by atoms with Gasteiger partial charge >= 0.3 is 0 Å². The van der Waals surface area contributed by atoms with Crippen LogP contribution < -0.4 is 0 Å². The van der Waals surface area contributed by atoms with E-state index in [4.69, 9.17) is 16.9 Å². The second-order valence-corrected chi connectivity index (χ2v) is 5.33. The lowest BCUT2D eigenvalue weighted by Gasteiger charge is -2.09. The molecule has 0 atom stereocenters. The molecule has 0 radical (unpaired) electrons. The van der Waals surface area contributed by atoms with Gasteiger partial charge in [-0.2, -0.15) is 5.26 Å². The van der Waals surface area contributed by atoms with E-state index in [2.05, 4.69) is 34.7 Å². The van der Waals surface area contributed by atoms with Gasteiger partial charge in [-0.15, -0.1) is 11.6 Å². The molecule has 0 saturated heterocycles. The molecule has 0 N–H and O–H groups in total. The van der Waals surface area contributed by atoms with Gasteiger partial charge < -0.3 is 0 Å². The fraction of sp³-hybridized carbons (Fsp3) is 0.176. The summed E-state index contributed by atoms with van der Waals surface area (Å²) >= 11 is 5.91. The summed E-state index contributed by atoms with van der Waals surface area (Å²) in [6.07, 6.45) is 0.687. The van der Waals surface area contributed by atoms with Gasteiger partial charge in [0.25, 0.3) is 0 Å². The van der Waals surface area contributed by atoms with E-state index in [1.54, 1.807) is 6.07 Å². The summed E-state index contributed by atoms with van der Waals surface area (Å²) in [5.74, 6) is 1.43. The van der Waals surface area contributed by atoms with Crippen LogP contribution >= 0.6 is 11.6 Å². The Morgan fingerprint density at radius 1 is 1.24 bits per heavy atom. The molecule has 0 bridgehead atoms. The predicted octanol–water partition coefficient (Wildman–Crippen LogP) is 3.99. The molecule has 3 nitrogen and oxygen atoms in total. The highest BCUT2D eigenvalue weighted by atomic mass is 35.5. The number of alkyl halides is 1. The molecule has 0 aliphatic heterocycles. The van der Waals surface area contributed by atoms with Crippen LogP contribution in [-0.2, 0) is 6.42 Å². The van der Waals surface area contributed by atoms with Gasteiger partial charge in [0.15, 0.2) is 0 Å². The number of fused-ring (bicyclic) bond motifs is 1. The number of nitriles is 1. The minimum Gasteiger partial charge on any atom is -0.296 e. The Bertz CT molecular complexity index is 843. The highest BCUT2D eigenvalue weighted by Gasteiger charge is 2.12. The molecule has 0 amide bonds. The monoisotopic (exact) mass is 295 g/mol. The molecule has 1 aromatic heterocycles. The van der Waals surface area contributed by atoms with Crippen LogP contribution in [0.4, 0.5) is 0 Å². The lowest BCUT2D eigenvalue weighted by atomic mass is 10.2. The summed E-state index contributed by atoms with van der Waals surface area (Å²) in [6, 6.07) is 16.0. The average Bonchev–Trinajstić information content (AvgIpc) is 2.84. The Labute approximate surface area is 128 Å². The smallest absolute Gasteiger partial charge is 0.115 e. The van der Waals surface area contributed by atoms with Crippen molar-refractivity contribution in [3.05, 3.63) is 59.4 Å². The lowest BCUT2D eigenvalue weighted by molar-refractivity contribution is 0.911. The number of aryl methyl sites for hydroxylation is 2. The van der Waals surface area contributed by atoms with Gasteiger partial charge in [-0.25, -0.2) is 4.98 Å². The van der Waals surface area contributed by atoms with Gasteiger partial charge in [0.1, 0.15) is 5.82 Å². The fourth-order valence-electron chi connectivity index (χ4n) is 2.50. The number of benzene rings is 2. The first-order valence-electron chi connectivity index (χ1n) is 6.77. The van der Waals surface area contributed by atoms with E-state index in [-0.39, 0.29) is 0 Å². The van der Waals surface area contributed by atoms with E-state index in [0.717, 1.165) is 22.5 Å². The Kier molecular flexibility index (Phi) is 3.64. The van der Waals surface area contributed by atoms with Crippen molar-refractivity contribution in [3.63, 3.8) is 0 Å². The van der Waals surface area contributed by atoms with Gasteiger partial charge in [0.05, 0.1) is 22.7 Å². The summed E-state index contributed by atoms with van der Waals surface area (Å²) in [4.78, 5) is 4.65. The molecule has 1 heterocycles. The quantitative estimate of drug-likeness (QED) is 0.686. The van der Waals surface area contributed by atoms with E-state index in [1.807, 2.05) is 24.3 Å². The number of nitrogens with zero attached hydrogens (tertiary/aromatic N) is 3. The summed E-state index contributed by atoms with van der Waals surface area (Å²) in [5, 5.41) is 9.11. The standard InChI is InChI=1S/C17H14ClN3/c1-12-3-2-4-14(9-12)21-16-10-13(11-19)5-6-15(16)20-17(21)7-8-18/h2-6,9-10H,7-8H2,1H3. The zero-order chi connectivity index (χ0) is 14.8. The first kappa shape index (κ1) is 13.7. The minimum atomic E-state index is 0.514. The van der Waals surface area contributed by atoms with E-state index < -0.39 is 0 Å². The van der Waals surface area contributed by atoms with Crippen molar-refractivity contribution in [1.82, 2.24) is 9.55 Å². The van der Waals surface area contributed by atoms with Crippen LogP contribution in [0, 0.1) is 18.3 Å². The van der Waals surface area contributed by atoms with Gasteiger partial charge in [-0.1, -0.05) is 12.1 Å². The third-order valence-corrected chi connectivity index (χ3v) is 3.62. The molecule has 0 spiro atoms. The van der Waals surface area contributed by atoms with E-state index in [0.29, 0.717) is 17.9 Å². The van der Waals surface area contributed by atoms with E-state index in [9.17, 15) is 0 Å². The van der Waals surface area contributed by atoms with Crippen molar-refractivity contribution in [2.24, 2.45) is 0 Å². The zero-order valence-electron chi connectivity index (χ0n) is 11.7. The Hall–Kier alpha value is -2.31. The third kappa shape index (κ3) is 2.51. The van der Waals surface area contributed by atoms with Crippen LogP contribution in [0.5, 0.6) is 0 Å². The summed E-state index contributed by atoms with van der Waals surface area (Å²) < 4.78 is 2.09. The summed E-state index contributed by atoms with van der Waals surface area (Å²) in [5.41, 5.74) is 4.69. The number of rotatable bonds is 3. The maximum absolute atomic E-state index is 9.11. The fourth-order valence-corrected chi connectivity index (χ4v) is 2.67. The second-order valence-electron chi connectivity index (χ2n) is 4.96. The largest absolute Gasteiger partial charge is 0.296 e. The van der Waals surface area contributed by atoms with Gasteiger partial charge in [0, 0.05) is 18.0 Å². The topological polar surface area (TPSA) is 41.6 Å². The highest BCUT2D eigenvalue weighted by Crippen LogP contribution is 2.23. The Morgan fingerprint density at radius 2 is 2.10 bits per heavy atom. The first-order chi connectivity index (χ1) is 10.2. The van der Waals surface area contributed by atoms with E-state index in [1.165, 1.54) is 5.56 Å². The van der Waals surface area contributed by atoms with Crippen molar-refractivity contribution in [3.8, 4) is 11.8 Å². The number of hydrogen-bond acceptors (Lipinski definition) is 2. The Balaban J connectivity index is 2.31. The molecule has 104 valence electrons. The van der Waals surface area contributed by atoms with Crippen molar-refractivity contribution in [2.45, 2.75) is 13.3 Å². The van der Waals surface area contributed by atoms with Crippen LogP contribution in [0.25, 0.3) is 16.7 Å². The normalized spacial score (nSPS) is 10.7. The molecule has 0 unspecified atom stereocenters. The first-order valence-corrected chi connectivity index (χ1v) is 7.31. The maximum Gasteiger partial charge on any atom is 0.115 e. The summed E-state index contributed by atoms with van der Waals surface area (Å²) in [6.45, 7) is 2.06. The molecule has 0 aliphatic carbocycles. The maximum atomic E-state index is 9.11. The van der Waals surface area contributed by atoms with Gasteiger partial charge in [-0.3, -0.25) is 4.57 Å². The molecule has 0 saturated carbocycles. The van der Waals surface area contributed by atoms with Gasteiger partial charge in [-0.05, 0) is 42.8 Å². The minimum absolute atomic E-state index is 0.514. The zero-order valence-corrected chi connectivity index (χ0v) is 12.4. The second kappa shape index (κ2) is 5.59. The number of aromatic nitrogens is 2. The molecule has 21 heavy (non-hydrogen) atoms. The van der Waals surface area contributed by atoms with Crippen molar-refractivity contribution in [2.75, 3.05) is 5.88 Å². The average molecular weight is 296 g/mol. The lowest BCUT2D eigenvalue weighted by Crippen LogP contribution is -2.02. The predicted molar refractivity (Wildman–Crippen MR) is 84.9 cm³/mol. The molecule has 0 aliphatic rings. The van der Waals surface area contributed by atoms with Crippen molar-refractivity contribution in [1.29, 1.82) is 5.26 Å². The van der Waals surface area contributed by atoms with Crippen LogP contribution in [0.15, 0.2) is 42.5 Å². The van der Waals surface area contributed by atoms with Crippen LogP contribution in [0.2, 0.25) is 0 Å². The highest BCUT2D eigenvalue weighted by molar-refractivity contribution is 6.17. The van der Waals surface area contributed by atoms with Crippen LogP contribution in [-0.4, -0.2) is 15.4 Å². The Morgan fingerprint density at radius 3 is 2.81 bits per heavy atom. The molecule has 4 heteroatoms. The molecular formula is C17H14ClN3. The molecule has 0 fully saturated rings. The van der Waals surface area contributed by atoms with Crippen LogP contribution in [0.1, 0.15) is 17.0 Å². The molecule has 3 aromatic rings. The number of hydrogen-bond donors (Lipinski definition) is 0. The molecular weight excluding hydrogens is 282 g/mol. The number of imidazole rings is 1. The van der Waals surface area contributed by atoms with Crippen LogP contribution in [0.3, 0.4) is 0 Å². The van der Waals surface area contributed by atoms with Crippen molar-refractivity contribution >= 4 is 22.6 Å². The summed E-state index contributed by atoms with van der Waals surface area (Å²) in [7, 11) is 0.